The highest BCUT2D eigenvalue weighted by Crippen LogP contribution is 2.25. The van der Waals surface area contributed by atoms with E-state index in [1.165, 1.54) is 0 Å². The van der Waals surface area contributed by atoms with E-state index in [1.807, 2.05) is 47.0 Å². The number of rotatable bonds is 4. The average Bonchev–Trinajstić information content (AvgIpc) is 3.55. The van der Waals surface area contributed by atoms with Gasteiger partial charge in [-0.05, 0) is 37.1 Å². The van der Waals surface area contributed by atoms with Gasteiger partial charge in [0.05, 0.1) is 12.9 Å². The van der Waals surface area contributed by atoms with E-state index in [0.29, 0.717) is 30.8 Å². The molecule has 3 heterocycles. The van der Waals surface area contributed by atoms with Crippen LogP contribution in [0.2, 0.25) is 0 Å². The number of nitrogens with one attached hydrogen (secondary N) is 1. The minimum atomic E-state index is -0.122. The number of hydrogen-bond donors (Lipinski definition) is 1. The van der Waals surface area contributed by atoms with E-state index < -0.39 is 0 Å². The normalized spacial score (nSPS) is 16.4. The highest BCUT2D eigenvalue weighted by molar-refractivity contribution is 5.96. The van der Waals surface area contributed by atoms with E-state index in [9.17, 15) is 9.59 Å². The van der Waals surface area contributed by atoms with Crippen molar-refractivity contribution in [2.24, 2.45) is 7.05 Å². The number of nitrogens with zero attached hydrogens (tertiary/aromatic N) is 5. The lowest BCUT2D eigenvalue weighted by Crippen LogP contribution is -2.38. The lowest BCUT2D eigenvalue weighted by atomic mass is 10.0. The predicted molar refractivity (Wildman–Crippen MR) is 115 cm³/mol. The van der Waals surface area contributed by atoms with Gasteiger partial charge in [-0.15, -0.1) is 0 Å². The van der Waals surface area contributed by atoms with Crippen molar-refractivity contribution in [3.05, 3.63) is 65.5 Å². The van der Waals surface area contributed by atoms with Crippen molar-refractivity contribution in [2.75, 3.05) is 6.54 Å². The summed E-state index contributed by atoms with van der Waals surface area (Å²) in [5.41, 5.74) is 3.95. The Morgan fingerprint density at radius 2 is 1.90 bits per heavy atom. The van der Waals surface area contributed by atoms with E-state index in [0.717, 1.165) is 42.6 Å². The van der Waals surface area contributed by atoms with Gasteiger partial charge in [0.2, 0.25) is 0 Å². The molecule has 1 aliphatic carbocycles. The van der Waals surface area contributed by atoms with Crippen LogP contribution in [0.15, 0.2) is 43.0 Å². The molecule has 0 radical (unpaired) electrons. The molecule has 0 bridgehead atoms. The molecule has 8 nitrogen and oxygen atoms in total. The first-order chi connectivity index (χ1) is 15.1. The molecule has 5 rings (SSSR count). The minimum absolute atomic E-state index is 0.0335. The molecule has 0 saturated heterocycles. The summed E-state index contributed by atoms with van der Waals surface area (Å²) < 4.78 is 3.69. The van der Waals surface area contributed by atoms with Crippen LogP contribution in [0.5, 0.6) is 0 Å². The van der Waals surface area contributed by atoms with Gasteiger partial charge >= 0.3 is 0 Å². The van der Waals surface area contributed by atoms with Gasteiger partial charge in [0.15, 0.2) is 5.69 Å². The van der Waals surface area contributed by atoms with Crippen LogP contribution in [-0.4, -0.2) is 48.6 Å². The average molecular weight is 419 g/mol. The number of aryl methyl sites for hydroxylation is 1. The zero-order valence-electron chi connectivity index (χ0n) is 17.6. The molecule has 3 aromatic rings. The summed E-state index contributed by atoms with van der Waals surface area (Å²) in [6.07, 6.45) is 10.4. The molecular formula is C23H26N6O2. The number of benzene rings is 1. The summed E-state index contributed by atoms with van der Waals surface area (Å²) >= 11 is 0. The van der Waals surface area contributed by atoms with Crippen LogP contribution in [-0.2, 0) is 20.0 Å². The zero-order valence-corrected chi connectivity index (χ0v) is 17.6. The van der Waals surface area contributed by atoms with Crippen LogP contribution in [0.1, 0.15) is 57.8 Å². The molecule has 160 valence electrons. The van der Waals surface area contributed by atoms with Crippen LogP contribution in [0.4, 0.5) is 0 Å². The summed E-state index contributed by atoms with van der Waals surface area (Å²) in [6, 6.07) is 7.73. The minimum Gasteiger partial charge on any atom is -0.348 e. The first-order valence-electron chi connectivity index (χ1n) is 10.8. The fraction of sp³-hybridized carbons (Fsp3) is 0.391. The van der Waals surface area contributed by atoms with Gasteiger partial charge in [-0.1, -0.05) is 12.8 Å². The van der Waals surface area contributed by atoms with E-state index in [2.05, 4.69) is 15.4 Å². The van der Waals surface area contributed by atoms with E-state index in [-0.39, 0.29) is 17.9 Å². The van der Waals surface area contributed by atoms with E-state index >= 15 is 0 Å². The second-order valence-corrected chi connectivity index (χ2v) is 8.35. The Morgan fingerprint density at radius 1 is 1.13 bits per heavy atom. The molecule has 1 fully saturated rings. The lowest BCUT2D eigenvalue weighted by molar-refractivity contribution is 0.0730. The summed E-state index contributed by atoms with van der Waals surface area (Å²) in [6.45, 7) is 1.01. The SMILES string of the molecule is Cn1nc(C(=O)NC2CCCC2)c2c1CCN(C(=O)c1ccc(-n3ccnc3)cc1)C2. The van der Waals surface area contributed by atoms with E-state index in [4.69, 9.17) is 0 Å². The van der Waals surface area contributed by atoms with Gasteiger partial charge in [-0.2, -0.15) is 5.10 Å². The number of aromatic nitrogens is 4. The third kappa shape index (κ3) is 3.73. The summed E-state index contributed by atoms with van der Waals surface area (Å²) in [7, 11) is 1.87. The largest absolute Gasteiger partial charge is 0.348 e. The van der Waals surface area contributed by atoms with Crippen molar-refractivity contribution >= 4 is 11.8 Å². The molecule has 0 atom stereocenters. The van der Waals surface area contributed by atoms with Crippen molar-refractivity contribution in [2.45, 2.75) is 44.7 Å². The molecule has 2 aliphatic rings. The van der Waals surface area contributed by atoms with Crippen molar-refractivity contribution in [1.29, 1.82) is 0 Å². The van der Waals surface area contributed by atoms with Gasteiger partial charge in [-0.25, -0.2) is 4.98 Å². The predicted octanol–water partition coefficient (Wildman–Crippen LogP) is 2.48. The van der Waals surface area contributed by atoms with Crippen molar-refractivity contribution < 1.29 is 9.59 Å². The van der Waals surface area contributed by atoms with Gasteiger partial charge in [0, 0.05) is 61.0 Å². The first kappa shape index (κ1) is 19.5. The third-order valence-electron chi connectivity index (χ3n) is 6.35. The molecule has 1 saturated carbocycles. The van der Waals surface area contributed by atoms with Gasteiger partial charge in [0.1, 0.15) is 0 Å². The molecule has 2 aromatic heterocycles. The highest BCUT2D eigenvalue weighted by atomic mass is 16.2. The van der Waals surface area contributed by atoms with Crippen LogP contribution in [0, 0.1) is 0 Å². The van der Waals surface area contributed by atoms with Crippen LogP contribution >= 0.6 is 0 Å². The van der Waals surface area contributed by atoms with Crippen molar-refractivity contribution in [1.82, 2.24) is 29.5 Å². The van der Waals surface area contributed by atoms with Gasteiger partial charge in [-0.3, -0.25) is 14.3 Å². The van der Waals surface area contributed by atoms with E-state index in [1.54, 1.807) is 17.2 Å². The van der Waals surface area contributed by atoms with Crippen molar-refractivity contribution in [3.8, 4) is 5.69 Å². The fourth-order valence-electron chi connectivity index (χ4n) is 4.64. The quantitative estimate of drug-likeness (QED) is 0.705. The number of fused-ring (bicyclic) bond motifs is 1. The molecule has 1 aliphatic heterocycles. The van der Waals surface area contributed by atoms with Crippen molar-refractivity contribution in [3.63, 3.8) is 0 Å². The summed E-state index contributed by atoms with van der Waals surface area (Å²) in [5.74, 6) is -0.156. The van der Waals surface area contributed by atoms with Gasteiger partial charge < -0.3 is 14.8 Å². The van der Waals surface area contributed by atoms with Crippen LogP contribution < -0.4 is 5.32 Å². The second kappa shape index (κ2) is 8.02. The topological polar surface area (TPSA) is 85.0 Å². The Bertz CT molecular complexity index is 1090. The fourth-order valence-corrected chi connectivity index (χ4v) is 4.64. The Morgan fingerprint density at radius 3 is 2.61 bits per heavy atom. The van der Waals surface area contributed by atoms with Crippen LogP contribution in [0.3, 0.4) is 0 Å². The number of carbonyl (C=O) groups excluding carboxylic acids is 2. The Hall–Kier alpha value is -3.42. The monoisotopic (exact) mass is 418 g/mol. The maximum absolute atomic E-state index is 13.2. The second-order valence-electron chi connectivity index (χ2n) is 8.35. The molecule has 8 heteroatoms. The smallest absolute Gasteiger partial charge is 0.272 e. The molecule has 0 unspecified atom stereocenters. The standard InChI is InChI=1S/C23H26N6O2/c1-27-20-10-12-28(14-19(20)21(26-27)22(30)25-17-4-2-3-5-17)23(31)16-6-8-18(9-7-16)29-13-11-24-15-29/h6-9,11,13,15,17H,2-5,10,12,14H2,1H3,(H,25,30). The molecule has 1 N–H and O–H groups in total. The summed E-state index contributed by atoms with van der Waals surface area (Å²) in [5, 5.41) is 7.63. The third-order valence-corrected chi connectivity index (χ3v) is 6.35. The number of imidazole rings is 1. The molecule has 1 aromatic carbocycles. The molecule has 2 amide bonds. The molecule has 31 heavy (non-hydrogen) atoms. The van der Waals surface area contributed by atoms with Crippen LogP contribution in [0.25, 0.3) is 5.69 Å². The highest BCUT2D eigenvalue weighted by Gasteiger charge is 2.30. The Balaban J connectivity index is 1.33. The maximum atomic E-state index is 13.2. The first-order valence-corrected chi connectivity index (χ1v) is 10.8. The Labute approximate surface area is 180 Å². The number of hydrogen-bond acceptors (Lipinski definition) is 4. The Kier molecular flexibility index (Phi) is 5.05. The summed E-state index contributed by atoms with van der Waals surface area (Å²) in [4.78, 5) is 31.9. The molecular weight excluding hydrogens is 392 g/mol. The number of carbonyl (C=O) groups is 2. The number of amides is 2. The molecule has 0 spiro atoms. The van der Waals surface area contributed by atoms with Gasteiger partial charge in [0.25, 0.3) is 11.8 Å². The maximum Gasteiger partial charge on any atom is 0.272 e. The lowest BCUT2D eigenvalue weighted by Gasteiger charge is -2.28. The zero-order chi connectivity index (χ0) is 21.4.